The molecule has 0 radical (unpaired) electrons. The third kappa shape index (κ3) is 3.17. The van der Waals surface area contributed by atoms with Gasteiger partial charge in [-0.1, -0.05) is 23.9 Å². The lowest BCUT2D eigenvalue weighted by molar-refractivity contribution is -0.134. The van der Waals surface area contributed by atoms with Crippen molar-refractivity contribution < 1.29 is 4.79 Å². The van der Waals surface area contributed by atoms with Gasteiger partial charge in [-0.25, -0.2) is 0 Å². The molecule has 0 unspecified atom stereocenters. The van der Waals surface area contributed by atoms with Crippen molar-refractivity contribution in [3.63, 3.8) is 0 Å². The number of thioether (sulfide) groups is 1. The Labute approximate surface area is 170 Å². The zero-order chi connectivity index (χ0) is 20.0. The zero-order valence-electron chi connectivity index (χ0n) is 17.3. The highest BCUT2D eigenvalue weighted by atomic mass is 32.2. The summed E-state index contributed by atoms with van der Waals surface area (Å²) in [5.41, 5.74) is 5.54. The predicted molar refractivity (Wildman–Crippen MR) is 115 cm³/mol. The fourth-order valence-corrected chi connectivity index (χ4v) is 5.32. The number of pyridine rings is 1. The van der Waals surface area contributed by atoms with Crippen LogP contribution >= 0.6 is 11.8 Å². The summed E-state index contributed by atoms with van der Waals surface area (Å²) in [6.45, 7) is 10.6. The lowest BCUT2D eigenvalue weighted by atomic mass is 9.98. The lowest BCUT2D eigenvalue weighted by Gasteiger charge is -2.39. The molecule has 1 amide bonds. The molecule has 0 saturated carbocycles. The molecule has 6 heteroatoms. The second-order valence-electron chi connectivity index (χ2n) is 8.15. The first-order chi connectivity index (χ1) is 13.4. The van der Waals surface area contributed by atoms with Crippen molar-refractivity contribution in [2.24, 2.45) is 0 Å². The third-order valence-electron chi connectivity index (χ3n) is 6.01. The maximum absolute atomic E-state index is 12.9. The van der Waals surface area contributed by atoms with Crippen molar-refractivity contribution in [1.82, 2.24) is 19.5 Å². The number of nitrogens with zero attached hydrogens (tertiary/aromatic N) is 4. The first-order valence-corrected chi connectivity index (χ1v) is 11.1. The Balaban J connectivity index is 1.70. The van der Waals surface area contributed by atoms with E-state index < -0.39 is 0 Å². The number of hydrogen-bond acceptors (Lipinski definition) is 4. The molecule has 1 aliphatic rings. The normalized spacial score (nSPS) is 20.2. The predicted octanol–water partition coefficient (Wildman–Crippen LogP) is 4.69. The summed E-state index contributed by atoms with van der Waals surface area (Å²) >= 11 is 1.50. The van der Waals surface area contributed by atoms with Gasteiger partial charge in [0.25, 0.3) is 0 Å². The highest BCUT2D eigenvalue weighted by Crippen LogP contribution is 2.30. The Kier molecular flexibility index (Phi) is 5.08. The summed E-state index contributed by atoms with van der Waals surface area (Å²) in [6.07, 6.45) is 3.39. The largest absolute Gasteiger partial charge is 0.337 e. The van der Waals surface area contributed by atoms with E-state index in [0.29, 0.717) is 17.8 Å². The average molecular weight is 397 g/mol. The number of rotatable bonds is 3. The van der Waals surface area contributed by atoms with Gasteiger partial charge < -0.3 is 4.90 Å². The molecule has 0 aliphatic carbocycles. The number of aryl methyl sites for hydroxylation is 3. The summed E-state index contributed by atoms with van der Waals surface area (Å²) < 4.78 is 2.13. The molecule has 2 atom stereocenters. The quantitative estimate of drug-likeness (QED) is 0.603. The number of likely N-dealkylation sites (tertiary alicyclic amines) is 1. The van der Waals surface area contributed by atoms with E-state index >= 15 is 0 Å². The zero-order valence-corrected chi connectivity index (χ0v) is 18.1. The van der Waals surface area contributed by atoms with Crippen molar-refractivity contribution >= 4 is 34.2 Å². The molecule has 4 rings (SSSR count). The number of amides is 1. The van der Waals surface area contributed by atoms with Crippen molar-refractivity contribution in [1.29, 1.82) is 0 Å². The molecule has 1 aliphatic heterocycles. The molecule has 148 valence electrons. The minimum Gasteiger partial charge on any atom is -0.337 e. The van der Waals surface area contributed by atoms with Crippen LogP contribution in [0.2, 0.25) is 0 Å². The van der Waals surface area contributed by atoms with E-state index in [9.17, 15) is 4.79 Å². The lowest BCUT2D eigenvalue weighted by Crippen LogP contribution is -2.48. The van der Waals surface area contributed by atoms with Crippen LogP contribution in [0.5, 0.6) is 0 Å². The standard InChI is InChI=1S/C22H28N4OS/c1-13-9-10-14(2)20-18(13)11-15(3)21-23-24-22(26(20)21)28-12-19(27)25-16(4)7-6-8-17(25)5/h9-11,16-17H,6-8,12H2,1-5H3/t16-,17-/m0/s1. The molecule has 1 fully saturated rings. The number of aromatic nitrogens is 3. The summed E-state index contributed by atoms with van der Waals surface area (Å²) in [5.74, 6) is 0.599. The molecule has 3 aromatic rings. The third-order valence-corrected chi connectivity index (χ3v) is 6.93. The second kappa shape index (κ2) is 7.39. The minimum atomic E-state index is 0.200. The van der Waals surface area contributed by atoms with Crippen molar-refractivity contribution in [2.75, 3.05) is 5.75 Å². The van der Waals surface area contributed by atoms with Crippen LogP contribution in [0, 0.1) is 20.8 Å². The first-order valence-electron chi connectivity index (χ1n) is 10.1. The summed E-state index contributed by atoms with van der Waals surface area (Å²) in [4.78, 5) is 15.0. The molecule has 1 saturated heterocycles. The molecule has 0 bridgehead atoms. The van der Waals surface area contributed by atoms with Crippen molar-refractivity contribution in [3.8, 4) is 0 Å². The Morgan fingerprint density at radius 2 is 1.75 bits per heavy atom. The topological polar surface area (TPSA) is 50.5 Å². The molecule has 0 spiro atoms. The number of carbonyl (C=O) groups is 1. The van der Waals surface area contributed by atoms with Gasteiger partial charge in [0, 0.05) is 17.5 Å². The Morgan fingerprint density at radius 3 is 2.46 bits per heavy atom. The van der Waals surface area contributed by atoms with Gasteiger partial charge in [0.2, 0.25) is 5.91 Å². The number of hydrogen-bond donors (Lipinski definition) is 0. The van der Waals surface area contributed by atoms with Crippen LogP contribution in [0.4, 0.5) is 0 Å². The molecule has 3 heterocycles. The van der Waals surface area contributed by atoms with Gasteiger partial charge >= 0.3 is 0 Å². The Morgan fingerprint density at radius 1 is 1.07 bits per heavy atom. The van der Waals surface area contributed by atoms with Gasteiger partial charge in [-0.3, -0.25) is 9.20 Å². The van der Waals surface area contributed by atoms with Crippen LogP contribution in [-0.4, -0.2) is 43.2 Å². The van der Waals surface area contributed by atoms with Crippen LogP contribution < -0.4 is 0 Å². The molecule has 5 nitrogen and oxygen atoms in total. The summed E-state index contributed by atoms with van der Waals surface area (Å²) in [5, 5.41) is 10.9. The number of carbonyl (C=O) groups excluding carboxylic acids is 1. The summed E-state index contributed by atoms with van der Waals surface area (Å²) in [6, 6.07) is 7.13. The average Bonchev–Trinajstić information content (AvgIpc) is 3.08. The van der Waals surface area contributed by atoms with Crippen molar-refractivity contribution in [3.05, 3.63) is 34.9 Å². The Hall–Kier alpha value is -2.08. The Bertz CT molecular complexity index is 1050. The van der Waals surface area contributed by atoms with E-state index in [-0.39, 0.29) is 5.91 Å². The first kappa shape index (κ1) is 19.2. The van der Waals surface area contributed by atoms with Gasteiger partial charge in [-0.05, 0) is 76.6 Å². The molecule has 0 N–H and O–H groups in total. The second-order valence-corrected chi connectivity index (χ2v) is 9.09. The van der Waals surface area contributed by atoms with Gasteiger partial charge in [-0.15, -0.1) is 10.2 Å². The van der Waals surface area contributed by atoms with Crippen LogP contribution in [-0.2, 0) is 4.79 Å². The van der Waals surface area contributed by atoms with Crippen LogP contribution in [0.15, 0.2) is 23.4 Å². The smallest absolute Gasteiger partial charge is 0.233 e. The van der Waals surface area contributed by atoms with Gasteiger partial charge in [0.15, 0.2) is 10.8 Å². The molecular weight excluding hydrogens is 368 g/mol. The van der Waals surface area contributed by atoms with E-state index in [0.717, 1.165) is 34.7 Å². The number of benzene rings is 1. The van der Waals surface area contributed by atoms with Gasteiger partial charge in [0.1, 0.15) is 0 Å². The van der Waals surface area contributed by atoms with Crippen LogP contribution in [0.1, 0.15) is 49.8 Å². The molecule has 28 heavy (non-hydrogen) atoms. The van der Waals surface area contributed by atoms with E-state index in [1.165, 1.54) is 34.7 Å². The van der Waals surface area contributed by atoms with Crippen molar-refractivity contribution in [2.45, 2.75) is 71.1 Å². The minimum absolute atomic E-state index is 0.200. The van der Waals surface area contributed by atoms with Gasteiger partial charge in [-0.2, -0.15) is 0 Å². The molecule has 2 aromatic heterocycles. The number of piperidine rings is 1. The SMILES string of the molecule is Cc1ccc(C)c2c1cc(C)c1nnc(SCC(=O)N3[C@@H](C)CCC[C@@H]3C)n12. The highest BCUT2D eigenvalue weighted by molar-refractivity contribution is 7.99. The van der Waals surface area contributed by atoms with E-state index in [1.807, 2.05) is 0 Å². The van der Waals surface area contributed by atoms with Crippen LogP contribution in [0.3, 0.4) is 0 Å². The monoisotopic (exact) mass is 396 g/mol. The van der Waals surface area contributed by atoms with E-state index in [1.54, 1.807) is 0 Å². The molecular formula is C22H28N4OS. The maximum Gasteiger partial charge on any atom is 0.233 e. The van der Waals surface area contributed by atoms with Gasteiger partial charge in [0.05, 0.1) is 11.3 Å². The van der Waals surface area contributed by atoms with E-state index in [4.69, 9.17) is 0 Å². The fourth-order valence-electron chi connectivity index (χ4n) is 4.51. The van der Waals surface area contributed by atoms with E-state index in [2.05, 4.69) is 72.3 Å². The maximum atomic E-state index is 12.9. The molecule has 1 aromatic carbocycles. The van der Waals surface area contributed by atoms with Crippen LogP contribution in [0.25, 0.3) is 16.6 Å². The fraction of sp³-hybridized carbons (Fsp3) is 0.500. The number of fused-ring (bicyclic) bond motifs is 3. The highest BCUT2D eigenvalue weighted by Gasteiger charge is 2.29. The summed E-state index contributed by atoms with van der Waals surface area (Å²) in [7, 11) is 0.